The molecule has 0 radical (unpaired) electrons. The van der Waals surface area contributed by atoms with Crippen LogP contribution < -0.4 is 5.32 Å². The summed E-state index contributed by atoms with van der Waals surface area (Å²) < 4.78 is 22.6. The van der Waals surface area contributed by atoms with E-state index in [4.69, 9.17) is 18.9 Å². The molecule has 2 unspecified atom stereocenters. The third-order valence-electron chi connectivity index (χ3n) is 7.49. The van der Waals surface area contributed by atoms with E-state index >= 15 is 0 Å². The summed E-state index contributed by atoms with van der Waals surface area (Å²) in [4.78, 5) is 28.5. The van der Waals surface area contributed by atoms with Gasteiger partial charge in [0.05, 0.1) is 26.3 Å². The number of rotatable bonds is 20. The summed E-state index contributed by atoms with van der Waals surface area (Å²) in [7, 11) is 4.73. The van der Waals surface area contributed by atoms with Gasteiger partial charge >= 0.3 is 11.9 Å². The zero-order chi connectivity index (χ0) is 35.3. The highest BCUT2D eigenvalue weighted by molar-refractivity contribution is 5.85. The number of nitrogens with one attached hydrogen (secondary N) is 1. The average molecular weight is 645 g/mol. The quantitative estimate of drug-likeness (QED) is 0.0832. The van der Waals surface area contributed by atoms with Crippen molar-refractivity contribution in [1.82, 2.24) is 10.2 Å². The average Bonchev–Trinajstić information content (AvgIpc) is 3.45. The van der Waals surface area contributed by atoms with Crippen LogP contribution in [-0.4, -0.2) is 74.7 Å². The molecule has 1 aliphatic rings. The third-order valence-corrected chi connectivity index (χ3v) is 7.49. The van der Waals surface area contributed by atoms with E-state index in [9.17, 15) is 14.7 Å². The molecule has 0 aromatic rings. The Kier molecular flexibility index (Phi) is 21.1. The summed E-state index contributed by atoms with van der Waals surface area (Å²) >= 11 is 0. The van der Waals surface area contributed by atoms with Crippen LogP contribution in [0.3, 0.4) is 0 Å². The molecule has 260 valence electrons. The van der Waals surface area contributed by atoms with E-state index in [-0.39, 0.29) is 6.42 Å². The molecule has 0 saturated heterocycles. The standard InChI is InChI=1S/C35H54N2O7.C2H6/c1-11-15-17-27(13-3)18-16-19-35(40,22-32(38)42-10)34(39)44-33(30(14-4)41-9)29(23-37(8)20-12-2)28(25(5)6)21-31-26(7)36-24-43-31;1-2/h11,13-15,17,21,29,33,36,40H,3,5,12,16,18-20,22-24H2,1-2,4,6-10H3;1-2H3/b15-11-,27-17+,28-21+,30-14+;/t29?,33?,35-;/m1./s1. The second kappa shape index (κ2) is 22.9. The first-order valence-corrected chi connectivity index (χ1v) is 16.2. The molecule has 2 N–H and O–H groups in total. The first-order valence-electron chi connectivity index (χ1n) is 16.2. The lowest BCUT2D eigenvalue weighted by Gasteiger charge is -2.35. The van der Waals surface area contributed by atoms with E-state index in [0.717, 1.165) is 35.4 Å². The number of carbonyl (C=O) groups is 2. The van der Waals surface area contributed by atoms with Crippen LogP contribution >= 0.6 is 0 Å². The predicted octanol–water partition coefficient (Wildman–Crippen LogP) is 6.90. The van der Waals surface area contributed by atoms with E-state index in [2.05, 4.69) is 30.3 Å². The van der Waals surface area contributed by atoms with Gasteiger partial charge in [-0.2, -0.15) is 0 Å². The van der Waals surface area contributed by atoms with Crippen LogP contribution in [-0.2, 0) is 28.5 Å². The van der Waals surface area contributed by atoms with Gasteiger partial charge in [0.2, 0.25) is 0 Å². The van der Waals surface area contributed by atoms with Gasteiger partial charge in [0.25, 0.3) is 0 Å². The molecule has 0 amide bonds. The molecular formula is C37H60N2O7. The number of carbonyl (C=O) groups excluding carboxylic acids is 2. The zero-order valence-corrected chi connectivity index (χ0v) is 30.0. The summed E-state index contributed by atoms with van der Waals surface area (Å²) in [5, 5.41) is 14.9. The molecule has 3 atom stereocenters. The Hall–Kier alpha value is -3.56. The fourth-order valence-corrected chi connectivity index (χ4v) is 5.01. The van der Waals surface area contributed by atoms with Crippen LogP contribution in [0.4, 0.5) is 0 Å². The summed E-state index contributed by atoms with van der Waals surface area (Å²) in [5.74, 6) is -1.04. The van der Waals surface area contributed by atoms with Crippen molar-refractivity contribution in [3.63, 3.8) is 0 Å². The highest BCUT2D eigenvalue weighted by atomic mass is 16.6. The summed E-state index contributed by atoms with van der Waals surface area (Å²) in [5.41, 5.74) is 1.26. The summed E-state index contributed by atoms with van der Waals surface area (Å²) in [6, 6.07) is 0. The maximum absolute atomic E-state index is 14.0. The van der Waals surface area contributed by atoms with E-state index < -0.39 is 36.0 Å². The Balaban J connectivity index is 0.00000991. The first-order chi connectivity index (χ1) is 21.9. The van der Waals surface area contributed by atoms with Crippen LogP contribution in [0, 0.1) is 5.92 Å². The van der Waals surface area contributed by atoms with Crippen molar-refractivity contribution in [2.45, 2.75) is 92.3 Å². The van der Waals surface area contributed by atoms with Crippen LogP contribution in [0.5, 0.6) is 0 Å². The molecule has 1 aliphatic heterocycles. The zero-order valence-electron chi connectivity index (χ0n) is 30.0. The number of allylic oxidation sites excluding steroid dienone is 9. The van der Waals surface area contributed by atoms with E-state index in [1.165, 1.54) is 14.2 Å². The van der Waals surface area contributed by atoms with Gasteiger partial charge in [-0.25, -0.2) is 4.79 Å². The molecule has 0 saturated carbocycles. The van der Waals surface area contributed by atoms with Crippen molar-refractivity contribution in [2.24, 2.45) is 5.92 Å². The SMILES string of the molecule is C=C/C(=C\C=C/C)CCC[C@@](O)(CC(=O)OC)C(=O)OC(/C(=C\C)OC)C(CN(C)CCC)/C(=C/C1=C(C)NCO1)C(=C)C.CC. The lowest BCUT2D eigenvalue weighted by atomic mass is 9.85. The molecule has 0 fully saturated rings. The van der Waals surface area contributed by atoms with Crippen LogP contribution in [0.1, 0.15) is 80.6 Å². The Morgan fingerprint density at radius 3 is 2.37 bits per heavy atom. The molecule has 0 bridgehead atoms. The Bertz CT molecular complexity index is 1150. The van der Waals surface area contributed by atoms with Gasteiger partial charge in [-0.3, -0.25) is 4.79 Å². The highest BCUT2D eigenvalue weighted by Gasteiger charge is 2.44. The normalized spacial score (nSPS) is 16.5. The van der Waals surface area contributed by atoms with E-state index in [0.29, 0.717) is 37.6 Å². The Morgan fingerprint density at radius 2 is 1.89 bits per heavy atom. The minimum Gasteiger partial charge on any atom is -0.497 e. The van der Waals surface area contributed by atoms with Crippen molar-refractivity contribution in [3.05, 3.63) is 83.5 Å². The second-order valence-electron chi connectivity index (χ2n) is 11.0. The van der Waals surface area contributed by atoms with Gasteiger partial charge in [-0.05, 0) is 90.3 Å². The fraction of sp³-hybridized carbons (Fsp3) is 0.568. The molecule has 9 heteroatoms. The number of aliphatic hydroxyl groups is 1. The summed E-state index contributed by atoms with van der Waals surface area (Å²) in [6.07, 6.45) is 11.4. The highest BCUT2D eigenvalue weighted by Crippen LogP contribution is 2.33. The molecule has 0 aliphatic carbocycles. The van der Waals surface area contributed by atoms with Crippen molar-refractivity contribution >= 4 is 11.9 Å². The van der Waals surface area contributed by atoms with Crippen molar-refractivity contribution in [2.75, 3.05) is 41.1 Å². The van der Waals surface area contributed by atoms with Gasteiger partial charge in [-0.15, -0.1) is 0 Å². The van der Waals surface area contributed by atoms with E-state index in [1.807, 2.05) is 66.0 Å². The molecule has 0 aromatic carbocycles. The summed E-state index contributed by atoms with van der Waals surface area (Å²) in [6.45, 7) is 23.4. The number of nitrogens with zero attached hydrogens (tertiary/aromatic N) is 1. The van der Waals surface area contributed by atoms with Gasteiger partial charge in [0.1, 0.15) is 11.5 Å². The monoisotopic (exact) mass is 644 g/mol. The smallest absolute Gasteiger partial charge is 0.339 e. The molecule has 1 heterocycles. The number of hydrogen-bond donors (Lipinski definition) is 2. The number of esters is 2. The molecular weight excluding hydrogens is 584 g/mol. The Morgan fingerprint density at radius 1 is 1.22 bits per heavy atom. The third kappa shape index (κ3) is 13.8. The minimum absolute atomic E-state index is 0.0258. The molecule has 0 spiro atoms. The molecule has 46 heavy (non-hydrogen) atoms. The largest absolute Gasteiger partial charge is 0.497 e. The maximum Gasteiger partial charge on any atom is 0.339 e. The van der Waals surface area contributed by atoms with Crippen molar-refractivity contribution in [1.29, 1.82) is 0 Å². The maximum atomic E-state index is 14.0. The fourth-order valence-electron chi connectivity index (χ4n) is 5.01. The van der Waals surface area contributed by atoms with Crippen LogP contribution in [0.2, 0.25) is 0 Å². The minimum atomic E-state index is -2.13. The van der Waals surface area contributed by atoms with E-state index in [1.54, 1.807) is 19.1 Å². The Labute approximate surface area is 278 Å². The first kappa shape index (κ1) is 42.4. The molecule has 1 rings (SSSR count). The van der Waals surface area contributed by atoms with Gasteiger partial charge in [0, 0.05) is 12.5 Å². The number of methoxy groups -OCH3 is 2. The lowest BCUT2D eigenvalue weighted by Crippen LogP contribution is -2.47. The second-order valence-corrected chi connectivity index (χ2v) is 11.0. The predicted molar refractivity (Wildman–Crippen MR) is 186 cm³/mol. The van der Waals surface area contributed by atoms with Gasteiger partial charge < -0.3 is 34.3 Å². The number of hydrogen-bond acceptors (Lipinski definition) is 9. The van der Waals surface area contributed by atoms with Gasteiger partial charge in [0.15, 0.2) is 18.4 Å². The molecule has 0 aromatic heterocycles. The van der Waals surface area contributed by atoms with Crippen LogP contribution in [0.15, 0.2) is 83.5 Å². The van der Waals surface area contributed by atoms with Crippen LogP contribution in [0.25, 0.3) is 0 Å². The molecule has 9 nitrogen and oxygen atoms in total. The topological polar surface area (TPSA) is 107 Å². The lowest BCUT2D eigenvalue weighted by molar-refractivity contribution is -0.179. The van der Waals surface area contributed by atoms with Gasteiger partial charge in [-0.1, -0.05) is 63.8 Å². The number of ether oxygens (including phenoxy) is 4. The van der Waals surface area contributed by atoms with Crippen molar-refractivity contribution < 1.29 is 33.6 Å². The van der Waals surface area contributed by atoms with Crippen molar-refractivity contribution in [3.8, 4) is 0 Å².